The van der Waals surface area contributed by atoms with Gasteiger partial charge >= 0.3 is 0 Å². The number of hydrogen-bond acceptors (Lipinski definition) is 4. The van der Waals surface area contributed by atoms with Crippen molar-refractivity contribution in [1.29, 1.82) is 0 Å². The number of halogens is 1. The molecule has 21 heavy (non-hydrogen) atoms. The number of benzene rings is 1. The smallest absolute Gasteiger partial charge is 0.165 e. The standard InChI is InChI=1S/C16H26FNO3/c1-16(2,3)21-11-10-20-15-13(6-5-7-14(15)17)12-18-8-9-19-4/h5-7,18H,8-12H2,1-4H3. The Labute approximate surface area is 126 Å². The monoisotopic (exact) mass is 299 g/mol. The van der Waals surface area contributed by atoms with E-state index >= 15 is 0 Å². The fourth-order valence-electron chi connectivity index (χ4n) is 1.74. The predicted octanol–water partition coefficient (Wildman–Crippen LogP) is 2.76. The first kappa shape index (κ1) is 17.9. The second-order valence-corrected chi connectivity index (χ2v) is 5.71. The molecule has 1 N–H and O–H groups in total. The molecule has 0 fully saturated rings. The van der Waals surface area contributed by atoms with Crippen molar-refractivity contribution >= 4 is 0 Å². The maximum absolute atomic E-state index is 13.9. The van der Waals surface area contributed by atoms with E-state index in [4.69, 9.17) is 14.2 Å². The van der Waals surface area contributed by atoms with Crippen LogP contribution in [0.3, 0.4) is 0 Å². The molecule has 0 atom stereocenters. The third kappa shape index (κ3) is 7.41. The van der Waals surface area contributed by atoms with E-state index in [2.05, 4.69) is 5.32 Å². The Hall–Kier alpha value is -1.17. The summed E-state index contributed by atoms with van der Waals surface area (Å²) in [6, 6.07) is 4.93. The van der Waals surface area contributed by atoms with Crippen LogP contribution in [0.1, 0.15) is 26.3 Å². The van der Waals surface area contributed by atoms with Gasteiger partial charge in [0, 0.05) is 25.8 Å². The Balaban J connectivity index is 2.51. The summed E-state index contributed by atoms with van der Waals surface area (Å²) in [5.74, 6) is -0.0586. The molecule has 0 saturated heterocycles. The van der Waals surface area contributed by atoms with Crippen molar-refractivity contribution in [2.24, 2.45) is 0 Å². The van der Waals surface area contributed by atoms with Crippen LogP contribution in [-0.2, 0) is 16.0 Å². The van der Waals surface area contributed by atoms with Gasteiger partial charge < -0.3 is 19.5 Å². The first-order chi connectivity index (χ1) is 9.94. The van der Waals surface area contributed by atoms with Crippen molar-refractivity contribution < 1.29 is 18.6 Å². The number of methoxy groups -OCH3 is 1. The zero-order valence-corrected chi connectivity index (χ0v) is 13.4. The molecule has 0 amide bonds. The Bertz CT molecular complexity index is 418. The Morgan fingerprint density at radius 3 is 2.57 bits per heavy atom. The van der Waals surface area contributed by atoms with E-state index < -0.39 is 0 Å². The molecule has 1 rings (SSSR count). The number of nitrogens with one attached hydrogen (secondary N) is 1. The van der Waals surface area contributed by atoms with Crippen LogP contribution in [0.15, 0.2) is 18.2 Å². The van der Waals surface area contributed by atoms with Crippen molar-refractivity contribution in [1.82, 2.24) is 5.32 Å². The molecule has 1 aromatic carbocycles. The zero-order chi connectivity index (χ0) is 15.7. The molecule has 0 radical (unpaired) electrons. The van der Waals surface area contributed by atoms with Crippen LogP contribution >= 0.6 is 0 Å². The third-order valence-corrected chi connectivity index (χ3v) is 2.71. The molecule has 0 aromatic heterocycles. The topological polar surface area (TPSA) is 39.7 Å². The van der Waals surface area contributed by atoms with Crippen LogP contribution in [0, 0.1) is 5.82 Å². The highest BCUT2D eigenvalue weighted by Crippen LogP contribution is 2.22. The van der Waals surface area contributed by atoms with Gasteiger partial charge in [-0.05, 0) is 26.8 Å². The van der Waals surface area contributed by atoms with Gasteiger partial charge in [0.15, 0.2) is 11.6 Å². The third-order valence-electron chi connectivity index (χ3n) is 2.71. The second-order valence-electron chi connectivity index (χ2n) is 5.71. The minimum atomic E-state index is -0.350. The highest BCUT2D eigenvalue weighted by molar-refractivity contribution is 5.34. The number of hydrogen-bond donors (Lipinski definition) is 1. The summed E-state index contributed by atoms with van der Waals surface area (Å²) in [6.45, 7) is 8.53. The average Bonchev–Trinajstić information content (AvgIpc) is 2.40. The number of rotatable bonds is 9. The minimum Gasteiger partial charge on any atom is -0.488 e. The van der Waals surface area contributed by atoms with Crippen molar-refractivity contribution in [3.8, 4) is 5.75 Å². The molecule has 0 aliphatic heterocycles. The van der Waals surface area contributed by atoms with E-state index in [-0.39, 0.29) is 11.4 Å². The highest BCUT2D eigenvalue weighted by Gasteiger charge is 2.12. The molecule has 0 saturated carbocycles. The van der Waals surface area contributed by atoms with Gasteiger partial charge in [-0.25, -0.2) is 4.39 Å². The predicted molar refractivity (Wildman–Crippen MR) is 81.2 cm³/mol. The second kappa shape index (κ2) is 8.97. The van der Waals surface area contributed by atoms with Gasteiger partial charge in [0.05, 0.1) is 18.8 Å². The van der Waals surface area contributed by atoms with Crippen LogP contribution in [-0.4, -0.2) is 39.1 Å². The summed E-state index contributed by atoms with van der Waals surface area (Å²) in [6.07, 6.45) is 0. The minimum absolute atomic E-state index is 0.219. The van der Waals surface area contributed by atoms with E-state index in [1.807, 2.05) is 26.8 Å². The van der Waals surface area contributed by atoms with Crippen molar-refractivity contribution in [2.45, 2.75) is 32.9 Å². The largest absolute Gasteiger partial charge is 0.488 e. The van der Waals surface area contributed by atoms with Gasteiger partial charge in [-0.15, -0.1) is 0 Å². The van der Waals surface area contributed by atoms with E-state index in [0.29, 0.717) is 38.7 Å². The maximum atomic E-state index is 13.9. The Morgan fingerprint density at radius 1 is 1.14 bits per heavy atom. The molecular weight excluding hydrogens is 273 g/mol. The average molecular weight is 299 g/mol. The van der Waals surface area contributed by atoms with Gasteiger partial charge in [-0.1, -0.05) is 12.1 Å². The molecule has 5 heteroatoms. The first-order valence-corrected chi connectivity index (χ1v) is 7.18. The molecule has 0 bridgehead atoms. The summed E-state index contributed by atoms with van der Waals surface area (Å²) in [5, 5.41) is 3.18. The molecular formula is C16H26FNO3. The lowest BCUT2D eigenvalue weighted by Crippen LogP contribution is -2.23. The van der Waals surface area contributed by atoms with Gasteiger partial charge in [0.25, 0.3) is 0 Å². The quantitative estimate of drug-likeness (QED) is 0.712. The summed E-state index contributed by atoms with van der Waals surface area (Å²) in [4.78, 5) is 0. The normalized spacial score (nSPS) is 11.7. The first-order valence-electron chi connectivity index (χ1n) is 7.18. The van der Waals surface area contributed by atoms with Gasteiger partial charge in [0.1, 0.15) is 6.61 Å². The SMILES string of the molecule is COCCNCc1cccc(F)c1OCCOC(C)(C)C. The van der Waals surface area contributed by atoms with Crippen LogP contribution in [0.5, 0.6) is 5.75 Å². The fourth-order valence-corrected chi connectivity index (χ4v) is 1.74. The maximum Gasteiger partial charge on any atom is 0.165 e. The Kier molecular flexibility index (Phi) is 7.64. The summed E-state index contributed by atoms with van der Waals surface area (Å²) < 4.78 is 29.9. The lowest BCUT2D eigenvalue weighted by molar-refractivity contribution is -0.0167. The van der Waals surface area contributed by atoms with Crippen LogP contribution in [0.4, 0.5) is 4.39 Å². The molecule has 4 nitrogen and oxygen atoms in total. The Morgan fingerprint density at radius 2 is 1.90 bits per heavy atom. The molecule has 0 aliphatic rings. The molecule has 1 aromatic rings. The van der Waals surface area contributed by atoms with Crippen LogP contribution in [0.2, 0.25) is 0 Å². The molecule has 120 valence electrons. The van der Waals surface area contributed by atoms with Gasteiger partial charge in [-0.2, -0.15) is 0 Å². The fraction of sp³-hybridized carbons (Fsp3) is 0.625. The van der Waals surface area contributed by atoms with E-state index in [0.717, 1.165) is 5.56 Å². The summed E-state index contributed by atoms with van der Waals surface area (Å²) >= 11 is 0. The van der Waals surface area contributed by atoms with E-state index in [9.17, 15) is 4.39 Å². The van der Waals surface area contributed by atoms with E-state index in [1.54, 1.807) is 13.2 Å². The molecule has 0 unspecified atom stereocenters. The van der Waals surface area contributed by atoms with Crippen molar-refractivity contribution in [2.75, 3.05) is 33.5 Å². The van der Waals surface area contributed by atoms with Crippen LogP contribution in [0.25, 0.3) is 0 Å². The number of ether oxygens (including phenoxy) is 3. The molecule has 0 heterocycles. The zero-order valence-electron chi connectivity index (χ0n) is 13.4. The van der Waals surface area contributed by atoms with Crippen LogP contribution < -0.4 is 10.1 Å². The summed E-state index contributed by atoms with van der Waals surface area (Å²) in [5.41, 5.74) is 0.574. The summed E-state index contributed by atoms with van der Waals surface area (Å²) in [7, 11) is 1.65. The van der Waals surface area contributed by atoms with Gasteiger partial charge in [0.2, 0.25) is 0 Å². The van der Waals surface area contributed by atoms with Crippen molar-refractivity contribution in [3.05, 3.63) is 29.6 Å². The van der Waals surface area contributed by atoms with Gasteiger partial charge in [-0.3, -0.25) is 0 Å². The highest BCUT2D eigenvalue weighted by atomic mass is 19.1. The van der Waals surface area contributed by atoms with E-state index in [1.165, 1.54) is 6.07 Å². The number of para-hydroxylation sites is 1. The lowest BCUT2D eigenvalue weighted by Gasteiger charge is -2.20. The molecule has 0 aliphatic carbocycles. The molecule has 0 spiro atoms. The van der Waals surface area contributed by atoms with Crippen molar-refractivity contribution in [3.63, 3.8) is 0 Å². The lowest BCUT2D eigenvalue weighted by atomic mass is 10.2.